The van der Waals surface area contributed by atoms with E-state index in [0.717, 1.165) is 18.9 Å². The number of hydrogen-bond acceptors (Lipinski definition) is 1. The van der Waals surface area contributed by atoms with Gasteiger partial charge in [-0.25, -0.2) is 8.78 Å². The molecule has 14 heavy (non-hydrogen) atoms. The molecule has 2 rings (SSSR count). The molecule has 0 heterocycles. The summed E-state index contributed by atoms with van der Waals surface area (Å²) < 4.78 is 26.9. The maximum atomic E-state index is 13.6. The highest BCUT2D eigenvalue weighted by molar-refractivity contribution is 9.10. The second-order valence-corrected chi connectivity index (χ2v) is 4.59. The molecule has 2 N–H and O–H groups in total. The molecule has 0 bridgehead atoms. The van der Waals surface area contributed by atoms with Gasteiger partial charge in [0.05, 0.1) is 4.47 Å². The largest absolute Gasteiger partial charge is 0.330 e. The molecule has 0 radical (unpaired) electrons. The number of hydrogen-bond donors (Lipinski definition) is 1. The van der Waals surface area contributed by atoms with Crippen LogP contribution >= 0.6 is 15.9 Å². The van der Waals surface area contributed by atoms with Gasteiger partial charge in [-0.1, -0.05) is 0 Å². The van der Waals surface area contributed by atoms with E-state index in [1.54, 1.807) is 0 Å². The first-order chi connectivity index (χ1) is 6.59. The van der Waals surface area contributed by atoms with Crippen molar-refractivity contribution in [3.8, 4) is 0 Å². The van der Waals surface area contributed by atoms with Gasteiger partial charge in [0, 0.05) is 12.0 Å². The summed E-state index contributed by atoms with van der Waals surface area (Å²) in [5.41, 5.74) is 5.66. The molecule has 0 aromatic heterocycles. The van der Waals surface area contributed by atoms with E-state index in [0.29, 0.717) is 12.1 Å². The lowest BCUT2D eigenvalue weighted by atomic mass is 9.95. The Morgan fingerprint density at radius 1 is 1.36 bits per heavy atom. The van der Waals surface area contributed by atoms with Gasteiger partial charge >= 0.3 is 0 Å². The summed E-state index contributed by atoms with van der Waals surface area (Å²) >= 11 is 2.99. The average molecular weight is 262 g/mol. The highest BCUT2D eigenvalue weighted by Gasteiger charge is 2.45. The van der Waals surface area contributed by atoms with Crippen molar-refractivity contribution in [3.63, 3.8) is 0 Å². The predicted octanol–water partition coefficient (Wildman–Crippen LogP) is 2.72. The fourth-order valence-corrected chi connectivity index (χ4v) is 2.11. The Kier molecular flexibility index (Phi) is 2.35. The molecule has 1 aromatic carbocycles. The number of halogens is 3. The van der Waals surface area contributed by atoms with Gasteiger partial charge in [-0.05, 0) is 46.5 Å². The van der Waals surface area contributed by atoms with Gasteiger partial charge in [0.25, 0.3) is 0 Å². The van der Waals surface area contributed by atoms with Gasteiger partial charge in [0.2, 0.25) is 0 Å². The van der Waals surface area contributed by atoms with Crippen molar-refractivity contribution in [2.24, 2.45) is 5.73 Å². The summed E-state index contributed by atoms with van der Waals surface area (Å²) in [6.07, 6.45) is 1.69. The van der Waals surface area contributed by atoms with Crippen molar-refractivity contribution in [2.45, 2.75) is 18.3 Å². The van der Waals surface area contributed by atoms with Crippen LogP contribution < -0.4 is 5.73 Å². The Bertz CT molecular complexity index is 375. The average Bonchev–Trinajstić information content (AvgIpc) is 2.92. The van der Waals surface area contributed by atoms with Crippen LogP contribution in [-0.4, -0.2) is 6.54 Å². The van der Waals surface area contributed by atoms with E-state index < -0.39 is 5.82 Å². The minimum absolute atomic E-state index is 0.173. The molecule has 0 unspecified atom stereocenters. The molecule has 0 saturated heterocycles. The second kappa shape index (κ2) is 3.28. The van der Waals surface area contributed by atoms with Crippen molar-refractivity contribution >= 4 is 15.9 Å². The highest BCUT2D eigenvalue weighted by Crippen LogP contribution is 2.49. The topological polar surface area (TPSA) is 26.0 Å². The molecule has 0 atom stereocenters. The maximum Gasteiger partial charge on any atom is 0.141 e. The Morgan fingerprint density at radius 2 is 2.00 bits per heavy atom. The van der Waals surface area contributed by atoms with Crippen molar-refractivity contribution in [3.05, 3.63) is 33.8 Å². The standard InChI is InChI=1S/C10H10BrF2N/c11-8-4-6(12)3-7(9(8)13)10(5-14)1-2-10/h3-4H,1-2,5,14H2. The normalized spacial score (nSPS) is 18.3. The summed E-state index contributed by atoms with van der Waals surface area (Å²) in [7, 11) is 0. The molecule has 1 aliphatic carbocycles. The van der Waals surface area contributed by atoms with Gasteiger partial charge in [0.15, 0.2) is 0 Å². The Labute approximate surface area is 89.4 Å². The minimum Gasteiger partial charge on any atom is -0.330 e. The van der Waals surface area contributed by atoms with Crippen LogP contribution in [0.3, 0.4) is 0 Å². The minimum atomic E-state index is -0.423. The van der Waals surface area contributed by atoms with Crippen LogP contribution in [0.5, 0.6) is 0 Å². The van der Waals surface area contributed by atoms with E-state index in [1.807, 2.05) is 0 Å². The van der Waals surface area contributed by atoms with Crippen molar-refractivity contribution < 1.29 is 8.78 Å². The first-order valence-corrected chi connectivity index (χ1v) is 5.23. The van der Waals surface area contributed by atoms with E-state index in [4.69, 9.17) is 5.73 Å². The smallest absolute Gasteiger partial charge is 0.141 e. The van der Waals surface area contributed by atoms with Crippen molar-refractivity contribution in [1.82, 2.24) is 0 Å². The summed E-state index contributed by atoms with van der Waals surface area (Å²) in [6, 6.07) is 2.38. The van der Waals surface area contributed by atoms with Crippen LogP contribution in [-0.2, 0) is 5.41 Å². The van der Waals surface area contributed by atoms with Gasteiger partial charge in [-0.2, -0.15) is 0 Å². The molecule has 0 amide bonds. The highest BCUT2D eigenvalue weighted by atomic mass is 79.9. The molecular formula is C10H10BrF2N. The summed E-state index contributed by atoms with van der Waals surface area (Å²) in [4.78, 5) is 0. The lowest BCUT2D eigenvalue weighted by molar-refractivity contribution is 0.549. The Hall–Kier alpha value is -0.480. The number of rotatable bonds is 2. The zero-order valence-electron chi connectivity index (χ0n) is 7.49. The van der Waals surface area contributed by atoms with E-state index in [9.17, 15) is 8.78 Å². The van der Waals surface area contributed by atoms with Crippen LogP contribution in [0, 0.1) is 11.6 Å². The second-order valence-electron chi connectivity index (χ2n) is 3.73. The van der Waals surface area contributed by atoms with Crippen LogP contribution in [0.15, 0.2) is 16.6 Å². The quantitative estimate of drug-likeness (QED) is 0.815. The maximum absolute atomic E-state index is 13.6. The van der Waals surface area contributed by atoms with Crippen LogP contribution in [0.4, 0.5) is 8.78 Å². The van der Waals surface area contributed by atoms with Crippen LogP contribution in [0.2, 0.25) is 0 Å². The molecule has 1 aliphatic rings. The van der Waals surface area contributed by atoms with E-state index in [1.165, 1.54) is 6.07 Å². The van der Waals surface area contributed by atoms with Gasteiger partial charge < -0.3 is 5.73 Å². The fourth-order valence-electron chi connectivity index (χ4n) is 1.68. The van der Waals surface area contributed by atoms with E-state index >= 15 is 0 Å². The fraction of sp³-hybridized carbons (Fsp3) is 0.400. The van der Waals surface area contributed by atoms with Gasteiger partial charge in [-0.15, -0.1) is 0 Å². The third-order valence-corrected chi connectivity index (χ3v) is 3.39. The first-order valence-electron chi connectivity index (χ1n) is 4.44. The van der Waals surface area contributed by atoms with Crippen molar-refractivity contribution in [1.29, 1.82) is 0 Å². The SMILES string of the molecule is NCC1(c2cc(F)cc(Br)c2F)CC1. The summed E-state index contributed by atoms with van der Waals surface area (Å²) in [6.45, 7) is 0.375. The summed E-state index contributed by atoms with van der Waals surface area (Å²) in [5.74, 6) is -0.803. The molecule has 76 valence electrons. The molecule has 4 heteroatoms. The molecule has 1 saturated carbocycles. The third-order valence-electron chi connectivity index (χ3n) is 2.81. The summed E-state index contributed by atoms with van der Waals surface area (Å²) in [5, 5.41) is 0. The molecular weight excluding hydrogens is 252 g/mol. The zero-order chi connectivity index (χ0) is 10.3. The molecule has 1 fully saturated rings. The van der Waals surface area contributed by atoms with E-state index in [2.05, 4.69) is 15.9 Å². The zero-order valence-corrected chi connectivity index (χ0v) is 9.07. The van der Waals surface area contributed by atoms with E-state index in [-0.39, 0.29) is 15.7 Å². The lowest BCUT2D eigenvalue weighted by Gasteiger charge is -2.14. The monoisotopic (exact) mass is 261 g/mol. The number of benzene rings is 1. The Morgan fingerprint density at radius 3 is 2.50 bits per heavy atom. The van der Waals surface area contributed by atoms with Crippen molar-refractivity contribution in [2.75, 3.05) is 6.54 Å². The Balaban J connectivity index is 2.52. The van der Waals surface area contributed by atoms with Gasteiger partial charge in [-0.3, -0.25) is 0 Å². The molecule has 0 spiro atoms. The van der Waals surface area contributed by atoms with Crippen LogP contribution in [0.1, 0.15) is 18.4 Å². The molecule has 1 aromatic rings. The number of nitrogens with two attached hydrogens (primary N) is 1. The lowest BCUT2D eigenvalue weighted by Crippen LogP contribution is -2.21. The molecule has 0 aliphatic heterocycles. The first kappa shape index (κ1) is 10.1. The molecule has 1 nitrogen and oxygen atoms in total. The third kappa shape index (κ3) is 1.46. The van der Waals surface area contributed by atoms with Crippen LogP contribution in [0.25, 0.3) is 0 Å². The predicted molar refractivity (Wildman–Crippen MR) is 54.0 cm³/mol. The van der Waals surface area contributed by atoms with Gasteiger partial charge in [0.1, 0.15) is 11.6 Å².